The maximum atomic E-state index is 12.2. The van der Waals surface area contributed by atoms with E-state index in [9.17, 15) is 8.42 Å². The first-order valence-electron chi connectivity index (χ1n) is 5.10. The summed E-state index contributed by atoms with van der Waals surface area (Å²) in [4.78, 5) is 0.145. The van der Waals surface area contributed by atoms with E-state index in [4.69, 9.17) is 16.9 Å². The lowest BCUT2D eigenvalue weighted by atomic mass is 10.2. The molecule has 0 fully saturated rings. The molecule has 0 spiro atoms. The Bertz CT molecular complexity index is 583. The van der Waals surface area contributed by atoms with E-state index in [1.54, 1.807) is 6.92 Å². The second kappa shape index (κ2) is 6.02. The molecular formula is C11H12BrClN2O2S. The molecule has 7 heteroatoms. The summed E-state index contributed by atoms with van der Waals surface area (Å²) >= 11 is 9.00. The molecule has 0 amide bonds. The molecule has 0 N–H and O–H groups in total. The summed E-state index contributed by atoms with van der Waals surface area (Å²) in [5, 5.41) is 9.15. The number of hydrogen-bond donors (Lipinski definition) is 0. The van der Waals surface area contributed by atoms with Gasteiger partial charge in [0.2, 0.25) is 10.0 Å². The number of halogens is 2. The molecule has 0 aliphatic carbocycles. The van der Waals surface area contributed by atoms with E-state index in [0.717, 1.165) is 4.31 Å². The SMILES string of the molecule is CC(C#N)CN(C)S(=O)(=O)c1ccc(Cl)c(Br)c1. The lowest BCUT2D eigenvalue weighted by Crippen LogP contribution is -2.30. The molecule has 0 aliphatic rings. The smallest absolute Gasteiger partial charge is 0.207 e. The second-order valence-electron chi connectivity index (χ2n) is 3.89. The molecule has 98 valence electrons. The molecule has 1 rings (SSSR count). The molecule has 1 atom stereocenters. The highest BCUT2D eigenvalue weighted by atomic mass is 79.9. The number of benzene rings is 1. The van der Waals surface area contributed by atoms with Crippen LogP contribution in [0.5, 0.6) is 0 Å². The van der Waals surface area contributed by atoms with Crippen LogP contribution in [0.4, 0.5) is 0 Å². The molecule has 0 heterocycles. The van der Waals surface area contributed by atoms with Gasteiger partial charge in [-0.3, -0.25) is 0 Å². The van der Waals surface area contributed by atoms with Crippen LogP contribution in [0, 0.1) is 17.2 Å². The van der Waals surface area contributed by atoms with Crippen molar-refractivity contribution in [3.8, 4) is 6.07 Å². The van der Waals surface area contributed by atoms with Crippen molar-refractivity contribution in [3.63, 3.8) is 0 Å². The van der Waals surface area contributed by atoms with Crippen LogP contribution in [0.2, 0.25) is 5.02 Å². The van der Waals surface area contributed by atoms with E-state index < -0.39 is 10.0 Å². The number of nitriles is 1. The van der Waals surface area contributed by atoms with Gasteiger partial charge in [0.15, 0.2) is 0 Å². The van der Waals surface area contributed by atoms with Gasteiger partial charge in [-0.2, -0.15) is 9.57 Å². The highest BCUT2D eigenvalue weighted by Gasteiger charge is 2.22. The van der Waals surface area contributed by atoms with Crippen molar-refractivity contribution in [3.05, 3.63) is 27.7 Å². The van der Waals surface area contributed by atoms with Crippen molar-refractivity contribution in [2.45, 2.75) is 11.8 Å². The van der Waals surface area contributed by atoms with E-state index in [2.05, 4.69) is 15.9 Å². The van der Waals surface area contributed by atoms with E-state index in [1.807, 2.05) is 6.07 Å². The predicted molar refractivity (Wildman–Crippen MR) is 73.7 cm³/mol. The van der Waals surface area contributed by atoms with Crippen molar-refractivity contribution in [2.24, 2.45) is 5.92 Å². The summed E-state index contributed by atoms with van der Waals surface area (Å²) < 4.78 is 26.1. The number of hydrogen-bond acceptors (Lipinski definition) is 3. The van der Waals surface area contributed by atoms with Crippen LogP contribution in [-0.4, -0.2) is 26.3 Å². The highest BCUT2D eigenvalue weighted by molar-refractivity contribution is 9.10. The number of nitrogens with zero attached hydrogens (tertiary/aromatic N) is 2. The highest BCUT2D eigenvalue weighted by Crippen LogP contribution is 2.26. The number of rotatable bonds is 4. The third-order valence-corrected chi connectivity index (χ3v) is 5.38. The van der Waals surface area contributed by atoms with E-state index >= 15 is 0 Å². The van der Waals surface area contributed by atoms with E-state index in [-0.39, 0.29) is 17.4 Å². The van der Waals surface area contributed by atoms with Gasteiger partial charge in [-0.25, -0.2) is 8.42 Å². The molecule has 1 aromatic rings. The zero-order valence-corrected chi connectivity index (χ0v) is 13.1. The fourth-order valence-corrected chi connectivity index (χ4v) is 3.28. The molecule has 0 aliphatic heterocycles. The molecular weight excluding hydrogens is 340 g/mol. The van der Waals surface area contributed by atoms with Crippen molar-refractivity contribution in [1.29, 1.82) is 5.26 Å². The standard InChI is InChI=1S/C11H12BrClN2O2S/c1-8(6-14)7-15(2)18(16,17)9-3-4-11(13)10(12)5-9/h3-5,8H,7H2,1-2H3. The minimum absolute atomic E-state index is 0.145. The molecule has 1 aromatic carbocycles. The van der Waals surface area contributed by atoms with Gasteiger partial charge in [0.25, 0.3) is 0 Å². The predicted octanol–water partition coefficient (Wildman–Crippen LogP) is 2.88. The molecule has 18 heavy (non-hydrogen) atoms. The summed E-state index contributed by atoms with van der Waals surface area (Å²) in [6.07, 6.45) is 0. The first-order chi connectivity index (χ1) is 8.28. The summed E-state index contributed by atoms with van der Waals surface area (Å²) in [5.74, 6) is -0.361. The Hall–Kier alpha value is -0.610. The Morgan fingerprint density at radius 2 is 2.17 bits per heavy atom. The normalized spacial score (nSPS) is 13.3. The van der Waals surface area contributed by atoms with Crippen molar-refractivity contribution < 1.29 is 8.42 Å². The second-order valence-corrected chi connectivity index (χ2v) is 7.20. The van der Waals surface area contributed by atoms with Crippen LogP contribution in [0.25, 0.3) is 0 Å². The van der Waals surface area contributed by atoms with Crippen LogP contribution >= 0.6 is 27.5 Å². The zero-order chi connectivity index (χ0) is 13.9. The van der Waals surface area contributed by atoms with E-state index in [1.165, 1.54) is 25.2 Å². The van der Waals surface area contributed by atoms with Crippen LogP contribution in [0.15, 0.2) is 27.6 Å². The third kappa shape index (κ3) is 3.45. The maximum absolute atomic E-state index is 12.2. The quantitative estimate of drug-likeness (QED) is 0.838. The monoisotopic (exact) mass is 350 g/mol. The lowest BCUT2D eigenvalue weighted by Gasteiger charge is -2.18. The molecule has 1 unspecified atom stereocenters. The molecule has 0 bridgehead atoms. The van der Waals surface area contributed by atoms with Gasteiger partial charge in [0.1, 0.15) is 0 Å². The van der Waals surface area contributed by atoms with Gasteiger partial charge in [-0.05, 0) is 41.1 Å². The van der Waals surface area contributed by atoms with Gasteiger partial charge in [0, 0.05) is 18.1 Å². The maximum Gasteiger partial charge on any atom is 0.242 e. The summed E-state index contributed by atoms with van der Waals surface area (Å²) in [6.45, 7) is 1.82. The molecule has 0 aromatic heterocycles. The Balaban J connectivity index is 3.06. The van der Waals surface area contributed by atoms with Gasteiger partial charge >= 0.3 is 0 Å². The topological polar surface area (TPSA) is 61.2 Å². The van der Waals surface area contributed by atoms with Gasteiger partial charge in [-0.15, -0.1) is 0 Å². The van der Waals surface area contributed by atoms with Crippen LogP contribution in [0.1, 0.15) is 6.92 Å². The number of sulfonamides is 1. The summed E-state index contributed by atoms with van der Waals surface area (Å²) in [5.41, 5.74) is 0. The summed E-state index contributed by atoms with van der Waals surface area (Å²) in [6, 6.07) is 6.41. The molecule has 0 radical (unpaired) electrons. The van der Waals surface area contributed by atoms with Crippen molar-refractivity contribution in [2.75, 3.05) is 13.6 Å². The fraction of sp³-hybridized carbons (Fsp3) is 0.364. The first-order valence-corrected chi connectivity index (χ1v) is 7.71. The molecule has 0 saturated carbocycles. The average Bonchev–Trinajstić information content (AvgIpc) is 2.32. The van der Waals surface area contributed by atoms with E-state index in [0.29, 0.717) is 9.50 Å². The Labute approximate surface area is 120 Å². The minimum Gasteiger partial charge on any atom is -0.207 e. The fourth-order valence-electron chi connectivity index (χ4n) is 1.34. The minimum atomic E-state index is -3.59. The largest absolute Gasteiger partial charge is 0.242 e. The van der Waals surface area contributed by atoms with Crippen molar-refractivity contribution >= 4 is 37.6 Å². The average molecular weight is 352 g/mol. The zero-order valence-electron chi connectivity index (χ0n) is 9.89. The Morgan fingerprint density at radius 3 is 2.67 bits per heavy atom. The van der Waals surface area contributed by atoms with Crippen molar-refractivity contribution in [1.82, 2.24) is 4.31 Å². The third-order valence-electron chi connectivity index (χ3n) is 2.35. The van der Waals surface area contributed by atoms with Crippen LogP contribution in [0.3, 0.4) is 0 Å². The Kier molecular flexibility index (Phi) is 5.17. The molecule has 0 saturated heterocycles. The Morgan fingerprint density at radius 1 is 1.56 bits per heavy atom. The molecule has 4 nitrogen and oxygen atoms in total. The van der Waals surface area contributed by atoms with Crippen LogP contribution in [-0.2, 0) is 10.0 Å². The first kappa shape index (κ1) is 15.4. The van der Waals surface area contributed by atoms with Gasteiger partial charge in [0.05, 0.1) is 21.9 Å². The van der Waals surface area contributed by atoms with Crippen LogP contribution < -0.4 is 0 Å². The van der Waals surface area contributed by atoms with Gasteiger partial charge in [-0.1, -0.05) is 11.6 Å². The van der Waals surface area contributed by atoms with Gasteiger partial charge < -0.3 is 0 Å². The summed E-state index contributed by atoms with van der Waals surface area (Å²) in [7, 11) is -2.14. The lowest BCUT2D eigenvalue weighted by molar-refractivity contribution is 0.439.